The Hall–Kier alpha value is -0.770. The highest BCUT2D eigenvalue weighted by molar-refractivity contribution is 5.78. The molecular formula is C10H20N4. The highest BCUT2D eigenvalue weighted by Crippen LogP contribution is 2.24. The lowest BCUT2D eigenvalue weighted by molar-refractivity contribution is 0.334. The molecule has 0 amide bonds. The SMILES string of the molecule is CN(CCN=C(N)NC1CC1)C1CC1. The molecule has 2 saturated carbocycles. The maximum Gasteiger partial charge on any atom is 0.188 e. The number of likely N-dealkylation sites (N-methyl/N-ethyl adjacent to an activating group) is 1. The van der Waals surface area contributed by atoms with Crippen molar-refractivity contribution in [2.45, 2.75) is 37.8 Å². The lowest BCUT2D eigenvalue weighted by Crippen LogP contribution is -2.34. The van der Waals surface area contributed by atoms with E-state index in [0.717, 1.165) is 19.1 Å². The van der Waals surface area contributed by atoms with E-state index in [1.54, 1.807) is 0 Å². The van der Waals surface area contributed by atoms with Crippen LogP contribution in [0.25, 0.3) is 0 Å². The van der Waals surface area contributed by atoms with Crippen molar-refractivity contribution in [1.82, 2.24) is 10.2 Å². The van der Waals surface area contributed by atoms with E-state index in [2.05, 4.69) is 22.3 Å². The zero-order valence-corrected chi connectivity index (χ0v) is 8.87. The van der Waals surface area contributed by atoms with E-state index in [-0.39, 0.29) is 0 Å². The summed E-state index contributed by atoms with van der Waals surface area (Å²) in [5.41, 5.74) is 5.71. The van der Waals surface area contributed by atoms with Gasteiger partial charge in [-0.2, -0.15) is 0 Å². The van der Waals surface area contributed by atoms with Gasteiger partial charge in [0.25, 0.3) is 0 Å². The summed E-state index contributed by atoms with van der Waals surface area (Å²) < 4.78 is 0. The van der Waals surface area contributed by atoms with E-state index in [9.17, 15) is 0 Å². The zero-order valence-electron chi connectivity index (χ0n) is 8.87. The molecule has 0 aliphatic heterocycles. The first-order chi connectivity index (χ1) is 6.75. The fourth-order valence-electron chi connectivity index (χ4n) is 1.51. The molecule has 14 heavy (non-hydrogen) atoms. The van der Waals surface area contributed by atoms with E-state index in [4.69, 9.17) is 5.73 Å². The summed E-state index contributed by atoms with van der Waals surface area (Å²) in [7, 11) is 2.16. The number of aliphatic imine (C=N–C) groups is 1. The number of nitrogens with two attached hydrogens (primary N) is 1. The average Bonchev–Trinajstić information content (AvgIpc) is 2.99. The third kappa shape index (κ3) is 3.18. The first-order valence-electron chi connectivity index (χ1n) is 5.52. The number of rotatable bonds is 5. The van der Waals surface area contributed by atoms with Gasteiger partial charge in [0.2, 0.25) is 0 Å². The van der Waals surface area contributed by atoms with Crippen LogP contribution in [0.1, 0.15) is 25.7 Å². The summed E-state index contributed by atoms with van der Waals surface area (Å²) in [6, 6.07) is 1.43. The minimum atomic E-state index is 0.611. The lowest BCUT2D eigenvalue weighted by Gasteiger charge is -2.13. The molecule has 0 aromatic heterocycles. The van der Waals surface area contributed by atoms with Crippen LogP contribution < -0.4 is 11.1 Å². The largest absolute Gasteiger partial charge is 0.370 e. The Morgan fingerprint density at radius 3 is 2.71 bits per heavy atom. The van der Waals surface area contributed by atoms with Crippen LogP contribution in [0, 0.1) is 0 Å². The van der Waals surface area contributed by atoms with Gasteiger partial charge in [-0.05, 0) is 32.7 Å². The first kappa shape index (κ1) is 9.77. The van der Waals surface area contributed by atoms with Gasteiger partial charge in [-0.3, -0.25) is 4.99 Å². The molecule has 0 saturated heterocycles. The summed E-state index contributed by atoms with van der Waals surface area (Å²) >= 11 is 0. The van der Waals surface area contributed by atoms with Crippen LogP contribution in [0.5, 0.6) is 0 Å². The predicted molar refractivity (Wildman–Crippen MR) is 58.3 cm³/mol. The summed E-state index contributed by atoms with van der Waals surface area (Å²) in [5.74, 6) is 0.622. The molecule has 0 unspecified atom stereocenters. The average molecular weight is 196 g/mol. The summed E-state index contributed by atoms with van der Waals surface area (Å²) in [6.07, 6.45) is 5.21. The Balaban J connectivity index is 1.59. The Morgan fingerprint density at radius 2 is 2.14 bits per heavy atom. The zero-order chi connectivity index (χ0) is 9.97. The molecule has 4 nitrogen and oxygen atoms in total. The van der Waals surface area contributed by atoms with Crippen molar-refractivity contribution >= 4 is 5.96 Å². The van der Waals surface area contributed by atoms with Gasteiger partial charge >= 0.3 is 0 Å². The second-order valence-electron chi connectivity index (χ2n) is 4.40. The molecule has 0 radical (unpaired) electrons. The topological polar surface area (TPSA) is 53.6 Å². The molecule has 80 valence electrons. The van der Waals surface area contributed by atoms with E-state index in [1.165, 1.54) is 25.7 Å². The molecule has 0 bridgehead atoms. The number of hydrogen-bond acceptors (Lipinski definition) is 2. The number of nitrogens with one attached hydrogen (secondary N) is 1. The van der Waals surface area contributed by atoms with Crippen molar-refractivity contribution in [1.29, 1.82) is 0 Å². The van der Waals surface area contributed by atoms with Gasteiger partial charge in [0, 0.05) is 18.6 Å². The Morgan fingerprint density at radius 1 is 1.43 bits per heavy atom. The van der Waals surface area contributed by atoms with E-state index in [0.29, 0.717) is 12.0 Å². The lowest BCUT2D eigenvalue weighted by atomic mass is 10.5. The molecule has 2 aliphatic rings. The second-order valence-corrected chi connectivity index (χ2v) is 4.40. The van der Waals surface area contributed by atoms with E-state index < -0.39 is 0 Å². The standard InChI is InChI=1S/C10H20N4/c1-14(9-4-5-9)7-6-12-10(11)13-8-2-3-8/h8-9H,2-7H2,1H3,(H3,11,12,13). The highest BCUT2D eigenvalue weighted by atomic mass is 15.2. The fraction of sp³-hybridized carbons (Fsp3) is 0.900. The van der Waals surface area contributed by atoms with Crippen molar-refractivity contribution in [3.63, 3.8) is 0 Å². The Bertz CT molecular complexity index is 218. The van der Waals surface area contributed by atoms with Crippen molar-refractivity contribution < 1.29 is 0 Å². The molecule has 0 aromatic rings. The van der Waals surface area contributed by atoms with Crippen molar-refractivity contribution in [2.75, 3.05) is 20.1 Å². The molecule has 2 aliphatic carbocycles. The molecule has 0 spiro atoms. The van der Waals surface area contributed by atoms with Crippen molar-refractivity contribution in [2.24, 2.45) is 10.7 Å². The van der Waals surface area contributed by atoms with Crippen LogP contribution in [-0.2, 0) is 0 Å². The highest BCUT2D eigenvalue weighted by Gasteiger charge is 2.25. The van der Waals surface area contributed by atoms with Crippen LogP contribution in [0.15, 0.2) is 4.99 Å². The maximum absolute atomic E-state index is 5.71. The summed E-state index contributed by atoms with van der Waals surface area (Å²) in [6.45, 7) is 1.84. The van der Waals surface area contributed by atoms with Crippen LogP contribution in [0.2, 0.25) is 0 Å². The van der Waals surface area contributed by atoms with E-state index >= 15 is 0 Å². The monoisotopic (exact) mass is 196 g/mol. The molecular weight excluding hydrogens is 176 g/mol. The van der Waals surface area contributed by atoms with Gasteiger partial charge in [0.1, 0.15) is 0 Å². The third-order valence-electron chi connectivity index (χ3n) is 2.83. The third-order valence-corrected chi connectivity index (χ3v) is 2.83. The quantitative estimate of drug-likeness (QED) is 0.486. The number of guanidine groups is 1. The Kier molecular flexibility index (Phi) is 2.91. The molecule has 2 fully saturated rings. The second kappa shape index (κ2) is 4.17. The van der Waals surface area contributed by atoms with Gasteiger partial charge in [0.05, 0.1) is 6.54 Å². The molecule has 3 N–H and O–H groups in total. The minimum Gasteiger partial charge on any atom is -0.370 e. The molecule has 0 atom stereocenters. The van der Waals surface area contributed by atoms with Crippen LogP contribution in [0.3, 0.4) is 0 Å². The molecule has 0 heterocycles. The maximum atomic E-state index is 5.71. The normalized spacial score (nSPS) is 22.9. The van der Waals surface area contributed by atoms with Crippen LogP contribution in [-0.4, -0.2) is 43.1 Å². The van der Waals surface area contributed by atoms with Gasteiger partial charge in [-0.25, -0.2) is 0 Å². The predicted octanol–water partition coefficient (Wildman–Crippen LogP) is 0.147. The molecule has 0 aromatic carbocycles. The Labute approximate surface area is 85.6 Å². The summed E-state index contributed by atoms with van der Waals surface area (Å²) in [4.78, 5) is 6.67. The number of nitrogens with zero attached hydrogens (tertiary/aromatic N) is 2. The molecule has 4 heteroatoms. The van der Waals surface area contributed by atoms with Gasteiger partial charge in [0.15, 0.2) is 5.96 Å². The minimum absolute atomic E-state index is 0.611. The van der Waals surface area contributed by atoms with E-state index in [1.807, 2.05) is 0 Å². The number of hydrogen-bond donors (Lipinski definition) is 2. The summed E-state index contributed by atoms with van der Waals surface area (Å²) in [5, 5.41) is 3.18. The molecule has 2 rings (SSSR count). The van der Waals surface area contributed by atoms with Crippen LogP contribution in [0.4, 0.5) is 0 Å². The first-order valence-corrected chi connectivity index (χ1v) is 5.52. The smallest absolute Gasteiger partial charge is 0.188 e. The van der Waals surface area contributed by atoms with Gasteiger partial charge in [-0.1, -0.05) is 0 Å². The van der Waals surface area contributed by atoms with Gasteiger partial charge in [-0.15, -0.1) is 0 Å². The fourth-order valence-corrected chi connectivity index (χ4v) is 1.51. The van der Waals surface area contributed by atoms with Crippen LogP contribution >= 0.6 is 0 Å². The van der Waals surface area contributed by atoms with Gasteiger partial charge < -0.3 is 16.0 Å². The van der Waals surface area contributed by atoms with Crippen molar-refractivity contribution in [3.8, 4) is 0 Å². The van der Waals surface area contributed by atoms with Crippen molar-refractivity contribution in [3.05, 3.63) is 0 Å².